The molecule has 0 unspecified atom stereocenters. The minimum absolute atomic E-state index is 0.669. The SMILES string of the molecule is CCN(CC)CCSc1c(Cl)cccc1CNCC(C)C. The Morgan fingerprint density at radius 3 is 2.57 bits per heavy atom. The Morgan fingerprint density at radius 2 is 1.95 bits per heavy atom. The lowest BCUT2D eigenvalue weighted by Gasteiger charge is -2.18. The summed E-state index contributed by atoms with van der Waals surface area (Å²) in [6.45, 7) is 14.2. The second-order valence-corrected chi connectivity index (χ2v) is 7.14. The number of benzene rings is 1. The molecule has 0 bridgehead atoms. The van der Waals surface area contributed by atoms with Crippen molar-refractivity contribution in [3.8, 4) is 0 Å². The van der Waals surface area contributed by atoms with Crippen LogP contribution in [0, 0.1) is 5.92 Å². The minimum Gasteiger partial charge on any atom is -0.312 e. The van der Waals surface area contributed by atoms with E-state index in [1.54, 1.807) is 0 Å². The molecular weight excluding hydrogens is 300 g/mol. The highest BCUT2D eigenvalue weighted by Gasteiger charge is 2.08. The monoisotopic (exact) mass is 328 g/mol. The summed E-state index contributed by atoms with van der Waals surface area (Å²) in [5.41, 5.74) is 1.31. The Hall–Kier alpha value is -0.220. The maximum Gasteiger partial charge on any atom is 0.0545 e. The van der Waals surface area contributed by atoms with Gasteiger partial charge in [0.15, 0.2) is 0 Å². The van der Waals surface area contributed by atoms with E-state index in [0.29, 0.717) is 5.92 Å². The van der Waals surface area contributed by atoms with Gasteiger partial charge in [0.05, 0.1) is 5.02 Å². The number of hydrogen-bond donors (Lipinski definition) is 1. The molecule has 0 saturated heterocycles. The number of halogens is 1. The van der Waals surface area contributed by atoms with Crippen molar-refractivity contribution >= 4 is 23.4 Å². The predicted octanol–water partition coefficient (Wildman–Crippen LogP) is 4.52. The molecule has 120 valence electrons. The first-order valence-corrected chi connectivity index (χ1v) is 9.28. The van der Waals surface area contributed by atoms with Crippen LogP contribution in [0.15, 0.2) is 23.1 Å². The zero-order chi connectivity index (χ0) is 15.7. The van der Waals surface area contributed by atoms with Crippen LogP contribution < -0.4 is 5.32 Å². The normalized spacial score (nSPS) is 11.6. The lowest BCUT2D eigenvalue weighted by molar-refractivity contribution is 0.324. The summed E-state index contributed by atoms with van der Waals surface area (Å²) in [6.07, 6.45) is 0. The molecule has 0 radical (unpaired) electrons. The van der Waals surface area contributed by atoms with E-state index >= 15 is 0 Å². The van der Waals surface area contributed by atoms with Crippen LogP contribution in [-0.2, 0) is 6.54 Å². The Balaban J connectivity index is 2.58. The number of thioether (sulfide) groups is 1. The smallest absolute Gasteiger partial charge is 0.0545 e. The zero-order valence-corrected chi connectivity index (χ0v) is 15.4. The fourth-order valence-corrected chi connectivity index (χ4v) is 3.61. The van der Waals surface area contributed by atoms with E-state index in [9.17, 15) is 0 Å². The Bertz CT molecular complexity index is 406. The first-order chi connectivity index (χ1) is 10.1. The molecule has 0 aliphatic rings. The maximum atomic E-state index is 6.39. The van der Waals surface area contributed by atoms with E-state index < -0.39 is 0 Å². The molecule has 0 heterocycles. The van der Waals surface area contributed by atoms with Gasteiger partial charge in [-0.2, -0.15) is 0 Å². The van der Waals surface area contributed by atoms with Gasteiger partial charge in [0, 0.05) is 23.7 Å². The molecule has 0 amide bonds. The average Bonchev–Trinajstić information content (AvgIpc) is 2.45. The van der Waals surface area contributed by atoms with Gasteiger partial charge < -0.3 is 10.2 Å². The molecule has 1 N–H and O–H groups in total. The molecule has 21 heavy (non-hydrogen) atoms. The first-order valence-electron chi connectivity index (χ1n) is 7.91. The maximum absolute atomic E-state index is 6.39. The van der Waals surface area contributed by atoms with Gasteiger partial charge >= 0.3 is 0 Å². The van der Waals surface area contributed by atoms with Crippen LogP contribution in [0.1, 0.15) is 33.3 Å². The second kappa shape index (κ2) is 10.5. The van der Waals surface area contributed by atoms with Crippen LogP contribution in [0.5, 0.6) is 0 Å². The Morgan fingerprint density at radius 1 is 1.24 bits per heavy atom. The van der Waals surface area contributed by atoms with Crippen molar-refractivity contribution in [2.24, 2.45) is 5.92 Å². The largest absolute Gasteiger partial charge is 0.312 e. The predicted molar refractivity (Wildman–Crippen MR) is 96.5 cm³/mol. The third kappa shape index (κ3) is 7.05. The number of rotatable bonds is 10. The molecule has 2 nitrogen and oxygen atoms in total. The van der Waals surface area contributed by atoms with E-state index in [0.717, 1.165) is 43.5 Å². The summed E-state index contributed by atoms with van der Waals surface area (Å²) in [6, 6.07) is 6.22. The summed E-state index contributed by atoms with van der Waals surface area (Å²) < 4.78 is 0. The summed E-state index contributed by atoms with van der Waals surface area (Å²) >= 11 is 8.27. The molecule has 0 aliphatic carbocycles. The van der Waals surface area contributed by atoms with Crippen molar-refractivity contribution in [2.45, 2.75) is 39.1 Å². The Labute approximate surface area is 139 Å². The number of nitrogens with one attached hydrogen (secondary N) is 1. The van der Waals surface area contributed by atoms with Gasteiger partial charge in [-0.05, 0) is 37.2 Å². The summed E-state index contributed by atoms with van der Waals surface area (Å²) in [4.78, 5) is 3.68. The van der Waals surface area contributed by atoms with E-state index in [1.165, 1.54) is 10.5 Å². The Kier molecular flexibility index (Phi) is 9.41. The standard InChI is InChI=1S/C17H29ClN2S/c1-5-20(6-2)10-11-21-17-15(8-7-9-16(17)18)13-19-12-14(3)4/h7-9,14,19H,5-6,10-13H2,1-4H3. The highest BCUT2D eigenvalue weighted by molar-refractivity contribution is 7.99. The fraction of sp³-hybridized carbons (Fsp3) is 0.647. The van der Waals surface area contributed by atoms with Crippen LogP contribution in [-0.4, -0.2) is 36.8 Å². The molecule has 0 atom stereocenters. The van der Waals surface area contributed by atoms with Crippen LogP contribution in [0.25, 0.3) is 0 Å². The molecule has 0 aliphatic heterocycles. The van der Waals surface area contributed by atoms with Gasteiger partial charge in [-0.15, -0.1) is 11.8 Å². The van der Waals surface area contributed by atoms with Crippen molar-refractivity contribution in [1.82, 2.24) is 10.2 Å². The van der Waals surface area contributed by atoms with Crippen molar-refractivity contribution in [3.05, 3.63) is 28.8 Å². The average molecular weight is 329 g/mol. The van der Waals surface area contributed by atoms with Gasteiger partial charge in [-0.1, -0.05) is 51.4 Å². The van der Waals surface area contributed by atoms with Crippen molar-refractivity contribution in [1.29, 1.82) is 0 Å². The highest BCUT2D eigenvalue weighted by Crippen LogP contribution is 2.30. The second-order valence-electron chi connectivity index (χ2n) is 5.63. The molecule has 0 fully saturated rings. The van der Waals surface area contributed by atoms with Gasteiger partial charge in [0.2, 0.25) is 0 Å². The minimum atomic E-state index is 0.669. The highest BCUT2D eigenvalue weighted by atomic mass is 35.5. The van der Waals surface area contributed by atoms with E-state index in [4.69, 9.17) is 11.6 Å². The summed E-state index contributed by atoms with van der Waals surface area (Å²) in [5.74, 6) is 1.76. The van der Waals surface area contributed by atoms with Crippen LogP contribution in [0.2, 0.25) is 5.02 Å². The molecule has 0 spiro atoms. The lowest BCUT2D eigenvalue weighted by Crippen LogP contribution is -2.25. The number of hydrogen-bond acceptors (Lipinski definition) is 3. The zero-order valence-electron chi connectivity index (χ0n) is 13.8. The van der Waals surface area contributed by atoms with E-state index in [2.05, 4.69) is 44.0 Å². The van der Waals surface area contributed by atoms with Gasteiger partial charge in [0.25, 0.3) is 0 Å². The van der Waals surface area contributed by atoms with Gasteiger partial charge in [0.1, 0.15) is 0 Å². The van der Waals surface area contributed by atoms with Crippen molar-refractivity contribution < 1.29 is 0 Å². The quantitative estimate of drug-likeness (QED) is 0.636. The van der Waals surface area contributed by atoms with Gasteiger partial charge in [-0.3, -0.25) is 0 Å². The molecule has 0 aromatic heterocycles. The summed E-state index contributed by atoms with van der Waals surface area (Å²) in [7, 11) is 0. The molecule has 1 aromatic carbocycles. The van der Waals surface area contributed by atoms with Crippen LogP contribution >= 0.6 is 23.4 Å². The van der Waals surface area contributed by atoms with E-state index in [-0.39, 0.29) is 0 Å². The topological polar surface area (TPSA) is 15.3 Å². The third-order valence-corrected chi connectivity index (χ3v) is 5.05. The lowest BCUT2D eigenvalue weighted by atomic mass is 10.2. The molecule has 0 saturated carbocycles. The van der Waals surface area contributed by atoms with Crippen LogP contribution in [0.3, 0.4) is 0 Å². The van der Waals surface area contributed by atoms with E-state index in [1.807, 2.05) is 23.9 Å². The fourth-order valence-electron chi connectivity index (χ4n) is 2.17. The molecule has 4 heteroatoms. The molecular formula is C17H29ClN2S. The van der Waals surface area contributed by atoms with Crippen molar-refractivity contribution in [2.75, 3.05) is 31.9 Å². The van der Waals surface area contributed by atoms with Crippen molar-refractivity contribution in [3.63, 3.8) is 0 Å². The van der Waals surface area contributed by atoms with Crippen LogP contribution in [0.4, 0.5) is 0 Å². The van der Waals surface area contributed by atoms with Gasteiger partial charge in [-0.25, -0.2) is 0 Å². The number of nitrogens with zero attached hydrogens (tertiary/aromatic N) is 1. The molecule has 1 rings (SSSR count). The first kappa shape index (κ1) is 18.8. The summed E-state index contributed by atoms with van der Waals surface area (Å²) in [5, 5.41) is 4.39. The third-order valence-electron chi connectivity index (χ3n) is 3.46. The molecule has 1 aromatic rings.